The van der Waals surface area contributed by atoms with E-state index in [2.05, 4.69) is 42.0 Å². The largest absolute Gasteiger partial charge is 0.347 e. The summed E-state index contributed by atoms with van der Waals surface area (Å²) in [7, 11) is 0. The van der Waals surface area contributed by atoms with Crippen LogP contribution in [0.15, 0.2) is 30.5 Å². The van der Waals surface area contributed by atoms with Gasteiger partial charge in [0.2, 0.25) is 0 Å². The van der Waals surface area contributed by atoms with Crippen LogP contribution >= 0.6 is 0 Å². The molecule has 0 amide bonds. The van der Waals surface area contributed by atoms with Crippen molar-refractivity contribution in [3.8, 4) is 0 Å². The molecule has 80 valence electrons. The van der Waals surface area contributed by atoms with Gasteiger partial charge in [0, 0.05) is 12.7 Å². The fourth-order valence-electron chi connectivity index (χ4n) is 2.07. The van der Waals surface area contributed by atoms with Gasteiger partial charge in [0.15, 0.2) is 0 Å². The minimum Gasteiger partial charge on any atom is -0.347 e. The summed E-state index contributed by atoms with van der Waals surface area (Å²) in [6.45, 7) is 4.03. The van der Waals surface area contributed by atoms with Gasteiger partial charge in [-0.1, -0.05) is 18.2 Å². The van der Waals surface area contributed by atoms with Crippen LogP contribution in [0.3, 0.4) is 0 Å². The summed E-state index contributed by atoms with van der Waals surface area (Å²) in [5.41, 5.74) is 8.22. The average molecular weight is 202 g/mol. The van der Waals surface area contributed by atoms with E-state index in [0.29, 0.717) is 0 Å². The molecule has 15 heavy (non-hydrogen) atoms. The van der Waals surface area contributed by atoms with E-state index in [9.17, 15) is 0 Å². The van der Waals surface area contributed by atoms with Crippen LogP contribution in [-0.2, 0) is 6.54 Å². The van der Waals surface area contributed by atoms with Gasteiger partial charge >= 0.3 is 0 Å². The van der Waals surface area contributed by atoms with Crippen LogP contribution in [-0.4, -0.2) is 11.1 Å². The second kappa shape index (κ2) is 4.49. The van der Waals surface area contributed by atoms with Gasteiger partial charge in [0.1, 0.15) is 0 Å². The molecule has 1 aromatic carbocycles. The molecule has 2 nitrogen and oxygen atoms in total. The summed E-state index contributed by atoms with van der Waals surface area (Å²) < 4.78 is 2.33. The summed E-state index contributed by atoms with van der Waals surface area (Å²) in [5, 5.41) is 1.34. The second-order valence-electron chi connectivity index (χ2n) is 4.02. The molecule has 0 bridgehead atoms. The predicted molar refractivity (Wildman–Crippen MR) is 65.0 cm³/mol. The quantitative estimate of drug-likeness (QED) is 0.759. The van der Waals surface area contributed by atoms with Crippen LogP contribution in [0.1, 0.15) is 18.4 Å². The van der Waals surface area contributed by atoms with Crippen molar-refractivity contribution < 1.29 is 0 Å². The first kappa shape index (κ1) is 10.2. The summed E-state index contributed by atoms with van der Waals surface area (Å²) >= 11 is 0. The maximum Gasteiger partial charge on any atom is 0.0509 e. The molecule has 0 aliphatic rings. The van der Waals surface area contributed by atoms with Crippen molar-refractivity contribution in [3.63, 3.8) is 0 Å². The first-order chi connectivity index (χ1) is 7.33. The normalized spacial score (nSPS) is 11.1. The van der Waals surface area contributed by atoms with Gasteiger partial charge in [-0.2, -0.15) is 0 Å². The monoisotopic (exact) mass is 202 g/mol. The van der Waals surface area contributed by atoms with Crippen LogP contribution < -0.4 is 5.73 Å². The number of fused-ring (bicyclic) bond motifs is 1. The third-order valence-electron chi connectivity index (χ3n) is 2.84. The Kier molecular flexibility index (Phi) is 3.07. The van der Waals surface area contributed by atoms with E-state index in [1.165, 1.54) is 16.5 Å². The molecule has 2 aromatic rings. The van der Waals surface area contributed by atoms with E-state index in [0.717, 1.165) is 25.9 Å². The van der Waals surface area contributed by atoms with Crippen LogP contribution in [0.2, 0.25) is 0 Å². The Labute approximate surface area is 90.7 Å². The van der Waals surface area contributed by atoms with E-state index in [1.54, 1.807) is 0 Å². The molecule has 0 aliphatic heterocycles. The number of hydrogen-bond donors (Lipinski definition) is 1. The summed E-state index contributed by atoms with van der Waals surface area (Å²) in [6, 6.07) is 8.64. The number of nitrogens with zero attached hydrogens (tertiary/aromatic N) is 1. The van der Waals surface area contributed by atoms with Crippen LogP contribution in [0, 0.1) is 6.92 Å². The molecule has 1 heterocycles. The Morgan fingerprint density at radius 1 is 1.20 bits per heavy atom. The van der Waals surface area contributed by atoms with Crippen molar-refractivity contribution in [1.82, 2.24) is 4.57 Å². The molecule has 0 saturated carbocycles. The predicted octanol–water partition coefficient (Wildman–Crippen LogP) is 2.69. The van der Waals surface area contributed by atoms with Crippen molar-refractivity contribution in [2.45, 2.75) is 26.3 Å². The number of unbranched alkanes of at least 4 members (excludes halogenated alkanes) is 1. The molecule has 2 N–H and O–H groups in total. The number of aromatic nitrogens is 1. The number of rotatable bonds is 4. The summed E-state index contributed by atoms with van der Waals surface area (Å²) in [4.78, 5) is 0. The highest BCUT2D eigenvalue weighted by Crippen LogP contribution is 2.19. The molecular formula is C13H18N2. The van der Waals surface area contributed by atoms with E-state index in [-0.39, 0.29) is 0 Å². The zero-order valence-corrected chi connectivity index (χ0v) is 9.24. The fourth-order valence-corrected chi connectivity index (χ4v) is 2.07. The fraction of sp³-hybridized carbons (Fsp3) is 0.385. The number of aryl methyl sites for hydroxylation is 2. The average Bonchev–Trinajstić information content (AvgIpc) is 2.63. The second-order valence-corrected chi connectivity index (χ2v) is 4.02. The molecular weight excluding hydrogens is 184 g/mol. The number of hydrogen-bond acceptors (Lipinski definition) is 1. The number of benzene rings is 1. The summed E-state index contributed by atoms with van der Waals surface area (Å²) in [6.07, 6.45) is 4.44. The highest BCUT2D eigenvalue weighted by Gasteiger charge is 2.02. The molecule has 0 fully saturated rings. The number of nitrogens with two attached hydrogens (primary N) is 1. The Hall–Kier alpha value is -1.28. The zero-order chi connectivity index (χ0) is 10.7. The molecule has 2 heteroatoms. The van der Waals surface area contributed by atoms with E-state index in [4.69, 9.17) is 5.73 Å². The Morgan fingerprint density at radius 3 is 2.87 bits per heavy atom. The van der Waals surface area contributed by atoms with Crippen LogP contribution in [0.4, 0.5) is 0 Å². The molecule has 0 atom stereocenters. The van der Waals surface area contributed by atoms with Gasteiger partial charge in [-0.25, -0.2) is 0 Å². The minimum absolute atomic E-state index is 0.790. The smallest absolute Gasteiger partial charge is 0.0509 e. The molecule has 0 unspecified atom stereocenters. The first-order valence-corrected chi connectivity index (χ1v) is 5.57. The third-order valence-corrected chi connectivity index (χ3v) is 2.84. The lowest BCUT2D eigenvalue weighted by molar-refractivity contribution is 0.630. The third kappa shape index (κ3) is 2.05. The van der Waals surface area contributed by atoms with Crippen molar-refractivity contribution in [2.24, 2.45) is 5.73 Å². The van der Waals surface area contributed by atoms with Crippen LogP contribution in [0.5, 0.6) is 0 Å². The maximum atomic E-state index is 5.50. The Balaban J connectivity index is 2.27. The number of para-hydroxylation sites is 1. The lowest BCUT2D eigenvalue weighted by Gasteiger charge is -2.06. The molecule has 1 aromatic heterocycles. The van der Waals surface area contributed by atoms with E-state index in [1.807, 2.05) is 0 Å². The standard InChI is InChI=1S/C13H18N2/c1-11-5-4-6-12-7-10-15(13(11)12)9-3-2-8-14/h4-7,10H,2-3,8-9,14H2,1H3. The topological polar surface area (TPSA) is 30.9 Å². The SMILES string of the molecule is Cc1cccc2ccn(CCCCN)c12. The van der Waals surface area contributed by atoms with Crippen molar-refractivity contribution in [2.75, 3.05) is 6.54 Å². The molecule has 0 saturated heterocycles. The Morgan fingerprint density at radius 2 is 2.07 bits per heavy atom. The van der Waals surface area contributed by atoms with Gasteiger partial charge in [-0.15, -0.1) is 0 Å². The van der Waals surface area contributed by atoms with Gasteiger partial charge in [0.05, 0.1) is 5.52 Å². The molecule has 2 rings (SSSR count). The lowest BCUT2D eigenvalue weighted by atomic mass is 10.2. The summed E-state index contributed by atoms with van der Waals surface area (Å²) in [5.74, 6) is 0. The minimum atomic E-state index is 0.790. The Bertz CT molecular complexity index is 443. The van der Waals surface area contributed by atoms with Gasteiger partial charge < -0.3 is 10.3 Å². The van der Waals surface area contributed by atoms with Gasteiger partial charge in [-0.05, 0) is 43.3 Å². The molecule has 0 aliphatic carbocycles. The van der Waals surface area contributed by atoms with Crippen molar-refractivity contribution >= 4 is 10.9 Å². The van der Waals surface area contributed by atoms with Crippen molar-refractivity contribution in [3.05, 3.63) is 36.0 Å². The zero-order valence-electron chi connectivity index (χ0n) is 9.24. The van der Waals surface area contributed by atoms with Gasteiger partial charge in [-0.3, -0.25) is 0 Å². The van der Waals surface area contributed by atoms with Crippen LogP contribution in [0.25, 0.3) is 10.9 Å². The molecule has 0 radical (unpaired) electrons. The first-order valence-electron chi connectivity index (χ1n) is 5.57. The lowest BCUT2D eigenvalue weighted by Crippen LogP contribution is -2.02. The maximum absolute atomic E-state index is 5.50. The molecule has 0 spiro atoms. The van der Waals surface area contributed by atoms with E-state index < -0.39 is 0 Å². The van der Waals surface area contributed by atoms with E-state index >= 15 is 0 Å². The van der Waals surface area contributed by atoms with Crippen molar-refractivity contribution in [1.29, 1.82) is 0 Å². The highest BCUT2D eigenvalue weighted by atomic mass is 14.9. The highest BCUT2D eigenvalue weighted by molar-refractivity contribution is 5.83. The van der Waals surface area contributed by atoms with Gasteiger partial charge in [0.25, 0.3) is 0 Å².